The highest BCUT2D eigenvalue weighted by Gasteiger charge is 2.16. The Morgan fingerprint density at radius 3 is 2.53 bits per heavy atom. The van der Waals surface area contributed by atoms with Crippen molar-refractivity contribution < 1.29 is 19.4 Å². The molecule has 4 heteroatoms. The molecule has 4 nitrogen and oxygen atoms in total. The van der Waals surface area contributed by atoms with Gasteiger partial charge in [0.2, 0.25) is 0 Å². The van der Waals surface area contributed by atoms with E-state index in [1.165, 1.54) is 0 Å². The van der Waals surface area contributed by atoms with Gasteiger partial charge in [-0.15, -0.1) is 0 Å². The van der Waals surface area contributed by atoms with Crippen LogP contribution in [0.5, 0.6) is 0 Å². The van der Waals surface area contributed by atoms with E-state index >= 15 is 0 Å². The Balaban J connectivity index is 2.44. The van der Waals surface area contributed by atoms with Crippen LogP contribution in [0, 0.1) is 0 Å². The second-order valence-corrected chi connectivity index (χ2v) is 3.65. The Morgan fingerprint density at radius 1 is 1.29 bits per heavy atom. The van der Waals surface area contributed by atoms with Crippen LogP contribution >= 0.6 is 0 Å². The maximum atomic E-state index is 11.5. The second-order valence-electron chi connectivity index (χ2n) is 3.65. The van der Waals surface area contributed by atoms with E-state index < -0.39 is 12.1 Å². The van der Waals surface area contributed by atoms with Gasteiger partial charge in [0.25, 0.3) is 0 Å². The van der Waals surface area contributed by atoms with Crippen LogP contribution in [0.3, 0.4) is 0 Å². The predicted molar refractivity (Wildman–Crippen MR) is 62.3 cm³/mol. The van der Waals surface area contributed by atoms with Crippen LogP contribution < -0.4 is 0 Å². The van der Waals surface area contributed by atoms with Gasteiger partial charge >= 0.3 is 5.97 Å². The molecule has 0 aliphatic rings. The smallest absolute Gasteiger partial charge is 0.313 e. The van der Waals surface area contributed by atoms with E-state index in [1.54, 1.807) is 31.2 Å². The van der Waals surface area contributed by atoms with E-state index in [1.807, 2.05) is 6.07 Å². The van der Waals surface area contributed by atoms with E-state index in [4.69, 9.17) is 0 Å². The maximum absolute atomic E-state index is 11.5. The molecule has 92 valence electrons. The molecule has 1 aromatic carbocycles. The summed E-state index contributed by atoms with van der Waals surface area (Å²) in [5, 5.41) is 9.76. The van der Waals surface area contributed by atoms with Crippen molar-refractivity contribution >= 4 is 11.8 Å². The lowest BCUT2D eigenvalue weighted by Gasteiger charge is -2.09. The molecule has 0 aromatic heterocycles. The standard InChI is InChI=1S/C13H16O4/c1-2-17-13(16)9-11(14)8-12(15)10-6-4-3-5-7-10/h3-7,12,15H,2,8-9H2,1H3. The van der Waals surface area contributed by atoms with Crippen molar-refractivity contribution in [3.05, 3.63) is 35.9 Å². The fourth-order valence-corrected chi connectivity index (χ4v) is 1.45. The summed E-state index contributed by atoms with van der Waals surface area (Å²) in [6.45, 7) is 1.94. The lowest BCUT2D eigenvalue weighted by molar-refractivity contribution is -0.145. The average molecular weight is 236 g/mol. The van der Waals surface area contributed by atoms with E-state index in [2.05, 4.69) is 4.74 Å². The van der Waals surface area contributed by atoms with Gasteiger partial charge in [0, 0.05) is 6.42 Å². The third-order valence-corrected chi connectivity index (χ3v) is 2.25. The molecule has 0 fully saturated rings. The second kappa shape index (κ2) is 6.81. The third-order valence-electron chi connectivity index (χ3n) is 2.25. The van der Waals surface area contributed by atoms with Crippen molar-refractivity contribution in [3.8, 4) is 0 Å². The van der Waals surface area contributed by atoms with Crippen molar-refractivity contribution in [2.45, 2.75) is 25.9 Å². The molecule has 0 aliphatic heterocycles. The fourth-order valence-electron chi connectivity index (χ4n) is 1.45. The summed E-state index contributed by atoms with van der Waals surface area (Å²) in [6, 6.07) is 8.88. The molecule has 0 saturated carbocycles. The molecule has 0 aliphatic carbocycles. The van der Waals surface area contributed by atoms with Gasteiger partial charge in [0.05, 0.1) is 12.7 Å². The Bertz CT molecular complexity index is 372. The molecule has 0 heterocycles. The van der Waals surface area contributed by atoms with Crippen molar-refractivity contribution in [3.63, 3.8) is 0 Å². The van der Waals surface area contributed by atoms with Crippen LogP contribution in [0.4, 0.5) is 0 Å². The maximum Gasteiger partial charge on any atom is 0.313 e. The minimum Gasteiger partial charge on any atom is -0.466 e. The molecule has 0 amide bonds. The fraction of sp³-hybridized carbons (Fsp3) is 0.385. The number of Topliss-reactive ketones (excluding diaryl/α,β-unsaturated/α-hetero) is 1. The molecule has 0 bridgehead atoms. The van der Waals surface area contributed by atoms with Crippen LogP contribution in [0.1, 0.15) is 31.4 Å². The van der Waals surface area contributed by atoms with Crippen molar-refractivity contribution in [2.24, 2.45) is 0 Å². The van der Waals surface area contributed by atoms with Gasteiger partial charge in [-0.3, -0.25) is 9.59 Å². The molecule has 1 N–H and O–H groups in total. The Morgan fingerprint density at radius 2 is 1.94 bits per heavy atom. The van der Waals surface area contributed by atoms with Gasteiger partial charge in [0.15, 0.2) is 0 Å². The van der Waals surface area contributed by atoms with E-state index in [0.29, 0.717) is 5.56 Å². The largest absolute Gasteiger partial charge is 0.466 e. The van der Waals surface area contributed by atoms with E-state index in [9.17, 15) is 14.7 Å². The molecular weight excluding hydrogens is 220 g/mol. The molecule has 17 heavy (non-hydrogen) atoms. The van der Waals surface area contributed by atoms with Crippen LogP contribution in [-0.4, -0.2) is 23.5 Å². The SMILES string of the molecule is CCOC(=O)CC(=O)CC(O)c1ccccc1. The Labute approximate surface area is 100 Å². The Kier molecular flexibility index (Phi) is 5.36. The number of hydrogen-bond acceptors (Lipinski definition) is 4. The van der Waals surface area contributed by atoms with Crippen molar-refractivity contribution in [1.82, 2.24) is 0 Å². The first kappa shape index (κ1) is 13.4. The first-order chi connectivity index (χ1) is 8.13. The van der Waals surface area contributed by atoms with E-state index in [0.717, 1.165) is 0 Å². The number of esters is 1. The van der Waals surface area contributed by atoms with Crippen LogP contribution in [-0.2, 0) is 14.3 Å². The first-order valence-electron chi connectivity index (χ1n) is 5.53. The van der Waals surface area contributed by atoms with Crippen LogP contribution in [0.25, 0.3) is 0 Å². The van der Waals surface area contributed by atoms with Gasteiger partial charge in [-0.05, 0) is 12.5 Å². The third kappa shape index (κ3) is 4.78. The summed E-state index contributed by atoms with van der Waals surface area (Å²) in [5.74, 6) is -0.863. The van der Waals surface area contributed by atoms with Crippen molar-refractivity contribution in [2.75, 3.05) is 6.61 Å². The predicted octanol–water partition coefficient (Wildman–Crippen LogP) is 1.63. The monoisotopic (exact) mass is 236 g/mol. The van der Waals surface area contributed by atoms with Gasteiger partial charge in [0.1, 0.15) is 12.2 Å². The molecular formula is C13H16O4. The number of rotatable bonds is 6. The summed E-state index contributed by atoms with van der Waals surface area (Å²) < 4.78 is 4.66. The molecule has 0 radical (unpaired) electrons. The number of carbonyl (C=O) groups is 2. The number of ether oxygens (including phenoxy) is 1. The highest BCUT2D eigenvalue weighted by Crippen LogP contribution is 2.16. The number of aliphatic hydroxyl groups excluding tert-OH is 1. The zero-order chi connectivity index (χ0) is 12.7. The van der Waals surface area contributed by atoms with E-state index in [-0.39, 0.29) is 25.2 Å². The molecule has 0 spiro atoms. The van der Waals surface area contributed by atoms with Crippen molar-refractivity contribution in [1.29, 1.82) is 0 Å². The number of hydrogen-bond donors (Lipinski definition) is 1. The number of ketones is 1. The van der Waals surface area contributed by atoms with Gasteiger partial charge in [-0.2, -0.15) is 0 Å². The molecule has 1 rings (SSSR count). The minimum absolute atomic E-state index is 0.0666. The van der Waals surface area contributed by atoms with Crippen LogP contribution in [0.2, 0.25) is 0 Å². The summed E-state index contributed by atoms with van der Waals surface area (Å²) in [5.41, 5.74) is 0.671. The average Bonchev–Trinajstić information content (AvgIpc) is 2.30. The normalized spacial score (nSPS) is 11.9. The van der Waals surface area contributed by atoms with Gasteiger partial charge < -0.3 is 9.84 Å². The topological polar surface area (TPSA) is 63.6 Å². The number of benzene rings is 1. The summed E-state index contributed by atoms with van der Waals surface area (Å²) in [7, 11) is 0. The summed E-state index contributed by atoms with van der Waals surface area (Å²) in [4.78, 5) is 22.5. The summed E-state index contributed by atoms with van der Waals surface area (Å²) >= 11 is 0. The molecule has 1 unspecified atom stereocenters. The zero-order valence-electron chi connectivity index (χ0n) is 9.76. The van der Waals surface area contributed by atoms with Crippen LogP contribution in [0.15, 0.2) is 30.3 Å². The molecule has 1 aromatic rings. The number of carbonyl (C=O) groups excluding carboxylic acids is 2. The highest BCUT2D eigenvalue weighted by molar-refractivity contribution is 5.95. The summed E-state index contributed by atoms with van der Waals surface area (Å²) in [6.07, 6.45) is -1.21. The molecule has 0 saturated heterocycles. The lowest BCUT2D eigenvalue weighted by Crippen LogP contribution is -2.13. The minimum atomic E-state index is -0.863. The van der Waals surface area contributed by atoms with Gasteiger partial charge in [-0.25, -0.2) is 0 Å². The lowest BCUT2D eigenvalue weighted by atomic mass is 10.0. The van der Waals surface area contributed by atoms with Gasteiger partial charge in [-0.1, -0.05) is 30.3 Å². The molecule has 1 atom stereocenters. The number of aliphatic hydroxyl groups is 1. The quantitative estimate of drug-likeness (QED) is 0.602. The first-order valence-corrected chi connectivity index (χ1v) is 5.53. The Hall–Kier alpha value is -1.68. The zero-order valence-corrected chi connectivity index (χ0v) is 9.76. The highest BCUT2D eigenvalue weighted by atomic mass is 16.5.